The lowest BCUT2D eigenvalue weighted by Crippen LogP contribution is -2.41. The maximum atomic E-state index is 13.7. The van der Waals surface area contributed by atoms with E-state index in [4.69, 9.17) is 0 Å². The Balaban J connectivity index is 1.76. The van der Waals surface area contributed by atoms with Gasteiger partial charge in [0.2, 0.25) is 5.91 Å². The highest BCUT2D eigenvalue weighted by Crippen LogP contribution is 2.42. The van der Waals surface area contributed by atoms with Crippen molar-refractivity contribution in [1.29, 1.82) is 0 Å². The van der Waals surface area contributed by atoms with Gasteiger partial charge in [0.05, 0.1) is 6.42 Å². The Morgan fingerprint density at radius 1 is 1.21 bits per heavy atom. The summed E-state index contributed by atoms with van der Waals surface area (Å²) < 4.78 is 39.9. The molecule has 2 saturated heterocycles. The lowest BCUT2D eigenvalue weighted by atomic mass is 9.81. The average molecular weight is 342 g/mol. The number of carboxylic acids is 1. The van der Waals surface area contributed by atoms with Crippen LogP contribution in [0.2, 0.25) is 0 Å². The number of rotatable bonds is 3. The lowest BCUT2D eigenvalue weighted by Gasteiger charge is -2.24. The second kappa shape index (κ2) is 5.77. The zero-order chi connectivity index (χ0) is 17.6. The second-order valence-electron chi connectivity index (χ2n) is 6.64. The van der Waals surface area contributed by atoms with Gasteiger partial charge in [-0.2, -0.15) is 0 Å². The summed E-state index contributed by atoms with van der Waals surface area (Å²) in [7, 11) is 1.83. The number of likely N-dealkylation sites (tertiary alicyclic amines) is 2. The van der Waals surface area contributed by atoms with E-state index < -0.39 is 41.2 Å². The minimum atomic E-state index is -1.61. The minimum absolute atomic E-state index is 0.0431. The van der Waals surface area contributed by atoms with Crippen LogP contribution in [-0.4, -0.2) is 60.0 Å². The summed E-state index contributed by atoms with van der Waals surface area (Å²) in [6.45, 7) is 1.22. The number of aliphatic carboxylic acids is 1. The SMILES string of the molecule is CN1C[C@H]2CN(C(=O)Cc3ccc(F)c(F)c3F)C[C@@]2(C(=O)O)C1. The minimum Gasteiger partial charge on any atom is -0.481 e. The van der Waals surface area contributed by atoms with Gasteiger partial charge in [-0.3, -0.25) is 9.59 Å². The number of halogens is 3. The third-order valence-electron chi connectivity index (χ3n) is 5.01. The number of carboxylic acid groups (broad SMARTS) is 1. The molecule has 1 aromatic carbocycles. The van der Waals surface area contributed by atoms with Crippen LogP contribution < -0.4 is 0 Å². The van der Waals surface area contributed by atoms with Crippen molar-refractivity contribution in [2.24, 2.45) is 11.3 Å². The molecule has 3 rings (SSSR count). The molecule has 24 heavy (non-hydrogen) atoms. The average Bonchev–Trinajstić information content (AvgIpc) is 3.01. The van der Waals surface area contributed by atoms with Crippen molar-refractivity contribution in [1.82, 2.24) is 9.80 Å². The van der Waals surface area contributed by atoms with Crippen LogP contribution >= 0.6 is 0 Å². The summed E-state index contributed by atoms with van der Waals surface area (Å²) in [4.78, 5) is 27.4. The maximum absolute atomic E-state index is 13.7. The molecule has 0 spiro atoms. The highest BCUT2D eigenvalue weighted by molar-refractivity contribution is 5.83. The van der Waals surface area contributed by atoms with Crippen LogP contribution in [0.5, 0.6) is 0 Å². The van der Waals surface area contributed by atoms with E-state index in [1.165, 1.54) is 4.90 Å². The van der Waals surface area contributed by atoms with E-state index in [0.29, 0.717) is 13.1 Å². The molecule has 2 atom stereocenters. The topological polar surface area (TPSA) is 60.9 Å². The van der Waals surface area contributed by atoms with Crippen molar-refractivity contribution in [2.75, 3.05) is 33.2 Å². The van der Waals surface area contributed by atoms with Gasteiger partial charge in [0.25, 0.3) is 0 Å². The van der Waals surface area contributed by atoms with Crippen molar-refractivity contribution in [2.45, 2.75) is 6.42 Å². The zero-order valence-electron chi connectivity index (χ0n) is 13.1. The summed E-state index contributed by atoms with van der Waals surface area (Å²) in [5, 5.41) is 9.58. The Morgan fingerprint density at radius 3 is 2.54 bits per heavy atom. The van der Waals surface area contributed by atoms with Crippen molar-refractivity contribution in [3.05, 3.63) is 35.1 Å². The number of carbonyl (C=O) groups is 2. The first-order valence-corrected chi connectivity index (χ1v) is 7.56. The van der Waals surface area contributed by atoms with E-state index in [0.717, 1.165) is 12.1 Å². The van der Waals surface area contributed by atoms with E-state index in [1.54, 1.807) is 0 Å². The molecule has 5 nitrogen and oxygen atoms in total. The van der Waals surface area contributed by atoms with Crippen LogP contribution in [0.4, 0.5) is 13.2 Å². The second-order valence-corrected chi connectivity index (χ2v) is 6.64. The molecule has 1 N–H and O–H groups in total. The van der Waals surface area contributed by atoms with E-state index in [2.05, 4.69) is 0 Å². The Morgan fingerprint density at radius 2 is 1.92 bits per heavy atom. The first kappa shape index (κ1) is 16.8. The fraction of sp³-hybridized carbons (Fsp3) is 0.500. The van der Waals surface area contributed by atoms with Gasteiger partial charge in [-0.1, -0.05) is 6.07 Å². The zero-order valence-corrected chi connectivity index (χ0v) is 13.1. The third kappa shape index (κ3) is 2.54. The number of benzene rings is 1. The maximum Gasteiger partial charge on any atom is 0.313 e. The molecule has 2 fully saturated rings. The predicted molar refractivity (Wildman–Crippen MR) is 77.7 cm³/mol. The molecule has 0 radical (unpaired) electrons. The molecule has 0 aromatic heterocycles. The van der Waals surface area contributed by atoms with Gasteiger partial charge in [-0.15, -0.1) is 0 Å². The molecule has 0 unspecified atom stereocenters. The fourth-order valence-corrected chi connectivity index (χ4v) is 3.79. The van der Waals surface area contributed by atoms with Gasteiger partial charge >= 0.3 is 5.97 Å². The molecule has 0 bridgehead atoms. The molecule has 0 aliphatic carbocycles. The molecule has 1 aromatic rings. The van der Waals surface area contributed by atoms with E-state index in [9.17, 15) is 27.9 Å². The number of nitrogens with zero attached hydrogens (tertiary/aromatic N) is 2. The van der Waals surface area contributed by atoms with Gasteiger partial charge in [0, 0.05) is 37.7 Å². The first-order valence-electron chi connectivity index (χ1n) is 7.56. The Labute approximate surface area is 136 Å². The number of hydrogen-bond acceptors (Lipinski definition) is 3. The number of hydrogen-bond donors (Lipinski definition) is 1. The Hall–Kier alpha value is -2.09. The van der Waals surface area contributed by atoms with Gasteiger partial charge < -0.3 is 14.9 Å². The monoisotopic (exact) mass is 342 g/mol. The first-order chi connectivity index (χ1) is 11.2. The highest BCUT2D eigenvalue weighted by atomic mass is 19.2. The quantitative estimate of drug-likeness (QED) is 0.837. The fourth-order valence-electron chi connectivity index (χ4n) is 3.79. The molecule has 2 aliphatic heterocycles. The lowest BCUT2D eigenvalue weighted by molar-refractivity contribution is -0.149. The van der Waals surface area contributed by atoms with Crippen LogP contribution in [-0.2, 0) is 16.0 Å². The summed E-state index contributed by atoms with van der Waals surface area (Å²) in [5.41, 5.74) is -1.26. The standard InChI is InChI=1S/C16H17F3N2O3/c1-20-5-10-6-21(8-16(10,7-20)15(23)24)12(22)4-9-2-3-11(17)14(19)13(9)18/h2-3,10H,4-8H2,1H3,(H,23,24)/t10-,16-/m0/s1. The van der Waals surface area contributed by atoms with Gasteiger partial charge in [0.15, 0.2) is 17.5 Å². The normalized spacial score (nSPS) is 26.7. The van der Waals surface area contributed by atoms with E-state index in [-0.39, 0.29) is 24.6 Å². The highest BCUT2D eigenvalue weighted by Gasteiger charge is 2.57. The molecule has 2 heterocycles. The van der Waals surface area contributed by atoms with Gasteiger partial charge in [-0.25, -0.2) is 13.2 Å². The van der Waals surface area contributed by atoms with Crippen LogP contribution in [0, 0.1) is 28.8 Å². The molecule has 8 heteroatoms. The summed E-state index contributed by atoms with van der Waals surface area (Å²) in [6, 6.07) is 1.80. The van der Waals surface area contributed by atoms with Crippen LogP contribution in [0.1, 0.15) is 5.56 Å². The Kier molecular flexibility index (Phi) is 4.03. The number of fused-ring (bicyclic) bond motifs is 1. The van der Waals surface area contributed by atoms with E-state index in [1.807, 2.05) is 11.9 Å². The predicted octanol–water partition coefficient (Wildman–Crippen LogP) is 1.12. The summed E-state index contributed by atoms with van der Waals surface area (Å²) in [5.74, 6) is -5.94. The molecule has 0 saturated carbocycles. The van der Waals surface area contributed by atoms with Crippen molar-refractivity contribution in [3.63, 3.8) is 0 Å². The van der Waals surface area contributed by atoms with Crippen LogP contribution in [0.25, 0.3) is 0 Å². The molecule has 130 valence electrons. The van der Waals surface area contributed by atoms with Crippen molar-refractivity contribution in [3.8, 4) is 0 Å². The number of amides is 1. The van der Waals surface area contributed by atoms with Crippen LogP contribution in [0.15, 0.2) is 12.1 Å². The number of carbonyl (C=O) groups excluding carboxylic acids is 1. The van der Waals surface area contributed by atoms with Gasteiger partial charge in [-0.05, 0) is 13.1 Å². The molecule has 1 amide bonds. The van der Waals surface area contributed by atoms with Crippen molar-refractivity contribution < 1.29 is 27.9 Å². The molecule has 2 aliphatic rings. The van der Waals surface area contributed by atoms with Crippen LogP contribution in [0.3, 0.4) is 0 Å². The third-order valence-corrected chi connectivity index (χ3v) is 5.01. The smallest absolute Gasteiger partial charge is 0.313 e. The summed E-state index contributed by atoms with van der Waals surface area (Å²) >= 11 is 0. The van der Waals surface area contributed by atoms with Crippen molar-refractivity contribution >= 4 is 11.9 Å². The summed E-state index contributed by atoms with van der Waals surface area (Å²) in [6.07, 6.45) is -0.429. The van der Waals surface area contributed by atoms with Gasteiger partial charge in [0.1, 0.15) is 5.41 Å². The largest absolute Gasteiger partial charge is 0.481 e. The molecular formula is C16H17F3N2O3. The molecular weight excluding hydrogens is 325 g/mol. The van der Waals surface area contributed by atoms with E-state index >= 15 is 0 Å². The Bertz CT molecular complexity index is 712.